The number of fused-ring (bicyclic) bond motifs is 1. The van der Waals surface area contributed by atoms with Crippen molar-refractivity contribution < 1.29 is 9.53 Å². The predicted molar refractivity (Wildman–Crippen MR) is 106 cm³/mol. The Morgan fingerprint density at radius 1 is 1.30 bits per heavy atom. The smallest absolute Gasteiger partial charge is 0.252 e. The number of imidazole rings is 1. The fourth-order valence-corrected chi connectivity index (χ4v) is 3.03. The molecule has 0 saturated heterocycles. The van der Waals surface area contributed by atoms with Crippen LogP contribution in [0.5, 0.6) is 5.75 Å². The molecule has 0 bridgehead atoms. The molecule has 1 amide bonds. The first-order chi connectivity index (χ1) is 12.8. The van der Waals surface area contributed by atoms with E-state index < -0.39 is 0 Å². The average Bonchev–Trinajstić information content (AvgIpc) is 3.12. The van der Waals surface area contributed by atoms with Gasteiger partial charge in [-0.05, 0) is 30.5 Å². The number of benzene rings is 1. The average molecular weight is 366 g/mol. The Bertz CT molecular complexity index is 943. The fraction of sp³-hybridized carbons (Fsp3) is 0.381. The Kier molecular flexibility index (Phi) is 5.17. The van der Waals surface area contributed by atoms with Gasteiger partial charge in [-0.25, -0.2) is 4.98 Å². The van der Waals surface area contributed by atoms with Crippen molar-refractivity contribution in [2.45, 2.75) is 40.3 Å². The molecule has 6 heteroatoms. The summed E-state index contributed by atoms with van der Waals surface area (Å²) in [5.41, 5.74) is 2.06. The molecule has 0 fully saturated rings. The fourth-order valence-electron chi connectivity index (χ4n) is 3.03. The molecular weight excluding hydrogens is 340 g/mol. The number of aryl methyl sites for hydroxylation is 1. The number of carbonyl (C=O) groups is 1. The number of ether oxygens (including phenoxy) is 1. The Hall–Kier alpha value is -2.89. The largest absolute Gasteiger partial charge is 0.497 e. The number of carbonyl (C=O) groups excluding carboxylic acids is 1. The van der Waals surface area contributed by atoms with E-state index in [4.69, 9.17) is 4.74 Å². The lowest BCUT2D eigenvalue weighted by atomic mass is 9.86. The number of nitrogens with one attached hydrogen (secondary N) is 1. The van der Waals surface area contributed by atoms with Crippen LogP contribution in [-0.4, -0.2) is 33.6 Å². The topological polar surface area (TPSA) is 69.0 Å². The van der Waals surface area contributed by atoms with E-state index in [9.17, 15) is 4.79 Å². The van der Waals surface area contributed by atoms with Crippen molar-refractivity contribution in [3.8, 4) is 5.75 Å². The van der Waals surface area contributed by atoms with Crippen molar-refractivity contribution in [2.75, 3.05) is 7.11 Å². The van der Waals surface area contributed by atoms with E-state index in [1.807, 2.05) is 42.0 Å². The Labute approximate surface area is 159 Å². The highest BCUT2D eigenvalue weighted by molar-refractivity contribution is 6.06. The molecule has 0 aliphatic carbocycles. The zero-order valence-corrected chi connectivity index (χ0v) is 16.5. The van der Waals surface area contributed by atoms with Gasteiger partial charge in [-0.15, -0.1) is 0 Å². The third-order valence-corrected chi connectivity index (χ3v) is 4.69. The minimum absolute atomic E-state index is 0.0547. The van der Waals surface area contributed by atoms with Crippen molar-refractivity contribution >= 4 is 16.8 Å². The molecule has 1 atom stereocenters. The van der Waals surface area contributed by atoms with Crippen LogP contribution >= 0.6 is 0 Å². The van der Waals surface area contributed by atoms with Gasteiger partial charge in [0.05, 0.1) is 30.6 Å². The van der Waals surface area contributed by atoms with E-state index in [1.165, 1.54) is 0 Å². The van der Waals surface area contributed by atoms with Gasteiger partial charge < -0.3 is 14.6 Å². The lowest BCUT2D eigenvalue weighted by Gasteiger charge is -2.32. The number of aromatic nitrogens is 3. The second kappa shape index (κ2) is 7.39. The van der Waals surface area contributed by atoms with Crippen LogP contribution in [0.15, 0.2) is 43.0 Å². The van der Waals surface area contributed by atoms with E-state index in [0.29, 0.717) is 12.1 Å². The molecule has 6 nitrogen and oxygen atoms in total. The maximum absolute atomic E-state index is 13.2. The maximum Gasteiger partial charge on any atom is 0.252 e. The van der Waals surface area contributed by atoms with E-state index >= 15 is 0 Å². The third-order valence-electron chi connectivity index (χ3n) is 4.69. The molecule has 0 radical (unpaired) electrons. The highest BCUT2D eigenvalue weighted by Crippen LogP contribution is 2.25. The van der Waals surface area contributed by atoms with Gasteiger partial charge in [0.1, 0.15) is 5.75 Å². The number of methoxy groups -OCH3 is 1. The van der Waals surface area contributed by atoms with Gasteiger partial charge in [-0.1, -0.05) is 20.8 Å². The van der Waals surface area contributed by atoms with Crippen LogP contribution in [0.1, 0.15) is 36.8 Å². The van der Waals surface area contributed by atoms with Gasteiger partial charge in [-0.2, -0.15) is 0 Å². The summed E-state index contributed by atoms with van der Waals surface area (Å²) in [6.45, 7) is 8.91. The van der Waals surface area contributed by atoms with Crippen LogP contribution in [0, 0.1) is 12.3 Å². The normalized spacial score (nSPS) is 12.8. The van der Waals surface area contributed by atoms with E-state index in [0.717, 1.165) is 22.3 Å². The van der Waals surface area contributed by atoms with Gasteiger partial charge in [0.15, 0.2) is 0 Å². The predicted octanol–water partition coefficient (Wildman–Crippen LogP) is 3.59. The minimum Gasteiger partial charge on any atom is -0.497 e. The van der Waals surface area contributed by atoms with Crippen molar-refractivity contribution in [1.82, 2.24) is 19.9 Å². The Morgan fingerprint density at radius 2 is 2.07 bits per heavy atom. The van der Waals surface area contributed by atoms with Crippen LogP contribution in [-0.2, 0) is 6.54 Å². The molecule has 1 N–H and O–H groups in total. The molecule has 27 heavy (non-hydrogen) atoms. The maximum atomic E-state index is 13.2. The SMILES string of the molecule is COc1ccc2c(C(=O)N[C@H](Cn3ccnc3)C(C)(C)C)cc(C)nc2c1. The molecule has 0 spiro atoms. The summed E-state index contributed by atoms with van der Waals surface area (Å²) in [6, 6.07) is 7.37. The van der Waals surface area contributed by atoms with Crippen molar-refractivity contribution in [2.24, 2.45) is 5.41 Å². The van der Waals surface area contributed by atoms with E-state index in [2.05, 4.69) is 36.1 Å². The van der Waals surface area contributed by atoms with E-state index in [-0.39, 0.29) is 17.4 Å². The summed E-state index contributed by atoms with van der Waals surface area (Å²) in [5.74, 6) is 0.621. The molecule has 2 aromatic heterocycles. The summed E-state index contributed by atoms with van der Waals surface area (Å²) in [6.07, 6.45) is 5.42. The number of pyridine rings is 1. The quantitative estimate of drug-likeness (QED) is 0.749. The molecule has 3 aromatic rings. The molecular formula is C21H26N4O2. The molecule has 3 rings (SSSR count). The molecule has 1 aromatic carbocycles. The van der Waals surface area contributed by atoms with Gasteiger partial charge in [-0.3, -0.25) is 9.78 Å². The van der Waals surface area contributed by atoms with Crippen molar-refractivity contribution in [1.29, 1.82) is 0 Å². The summed E-state index contributed by atoms with van der Waals surface area (Å²) >= 11 is 0. The van der Waals surface area contributed by atoms with Gasteiger partial charge in [0, 0.05) is 36.1 Å². The first-order valence-corrected chi connectivity index (χ1v) is 9.00. The number of nitrogens with zero attached hydrogens (tertiary/aromatic N) is 3. The molecule has 2 heterocycles. The number of rotatable bonds is 5. The number of hydrogen-bond donors (Lipinski definition) is 1. The van der Waals surface area contributed by atoms with Crippen LogP contribution in [0.25, 0.3) is 10.9 Å². The summed E-state index contributed by atoms with van der Waals surface area (Å²) in [7, 11) is 1.62. The Balaban J connectivity index is 1.94. The number of amides is 1. The van der Waals surface area contributed by atoms with E-state index in [1.54, 1.807) is 19.6 Å². The van der Waals surface area contributed by atoms with Crippen molar-refractivity contribution in [3.63, 3.8) is 0 Å². The molecule has 0 aliphatic heterocycles. The standard InChI is InChI=1S/C21H26N4O2/c1-14-10-17(16-7-6-15(27-5)11-18(16)23-14)20(26)24-19(21(2,3)4)12-25-9-8-22-13-25/h6-11,13,19H,12H2,1-5H3,(H,24,26)/t19-/m1/s1. The third kappa shape index (κ3) is 4.27. The van der Waals surface area contributed by atoms with Crippen LogP contribution in [0.2, 0.25) is 0 Å². The monoisotopic (exact) mass is 366 g/mol. The summed E-state index contributed by atoms with van der Waals surface area (Å²) in [5, 5.41) is 4.03. The molecule has 0 aliphatic rings. The van der Waals surface area contributed by atoms with Gasteiger partial charge >= 0.3 is 0 Å². The van der Waals surface area contributed by atoms with Gasteiger partial charge in [0.25, 0.3) is 5.91 Å². The second-order valence-corrected chi connectivity index (χ2v) is 7.85. The first kappa shape index (κ1) is 18.9. The second-order valence-electron chi connectivity index (χ2n) is 7.85. The lowest BCUT2D eigenvalue weighted by molar-refractivity contribution is 0.0894. The lowest BCUT2D eigenvalue weighted by Crippen LogP contribution is -2.46. The highest BCUT2D eigenvalue weighted by Gasteiger charge is 2.27. The summed E-state index contributed by atoms with van der Waals surface area (Å²) in [4.78, 5) is 21.8. The highest BCUT2D eigenvalue weighted by atomic mass is 16.5. The van der Waals surface area contributed by atoms with Gasteiger partial charge in [0.2, 0.25) is 0 Å². The molecule has 0 saturated carbocycles. The zero-order valence-electron chi connectivity index (χ0n) is 16.5. The summed E-state index contributed by atoms with van der Waals surface area (Å²) < 4.78 is 7.26. The van der Waals surface area contributed by atoms with Crippen molar-refractivity contribution in [3.05, 3.63) is 54.2 Å². The van der Waals surface area contributed by atoms with Crippen LogP contribution in [0.3, 0.4) is 0 Å². The van der Waals surface area contributed by atoms with Crippen LogP contribution < -0.4 is 10.1 Å². The first-order valence-electron chi connectivity index (χ1n) is 9.00. The number of hydrogen-bond acceptors (Lipinski definition) is 4. The van der Waals surface area contributed by atoms with Crippen LogP contribution in [0.4, 0.5) is 0 Å². The minimum atomic E-state index is -0.110. The molecule has 0 unspecified atom stereocenters. The molecule has 142 valence electrons. The Morgan fingerprint density at radius 3 is 2.70 bits per heavy atom. The zero-order chi connectivity index (χ0) is 19.6.